The van der Waals surface area contributed by atoms with Gasteiger partial charge in [0.05, 0.1) is 29.7 Å². The van der Waals surface area contributed by atoms with Crippen LogP contribution >= 0.6 is 0 Å². The molecule has 1 saturated heterocycles. The predicted octanol–water partition coefficient (Wildman–Crippen LogP) is 2.10. The minimum Gasteiger partial charge on any atom is -0.480 e. The van der Waals surface area contributed by atoms with E-state index in [0.717, 1.165) is 24.1 Å². The van der Waals surface area contributed by atoms with Crippen LogP contribution in [0.5, 0.6) is 0 Å². The molecule has 138 valence electrons. The third-order valence-electron chi connectivity index (χ3n) is 4.82. The standard InChI is InChI=1S/C19H23N3O4/c1-12-6-3-4-8-16(12)22-13(2)15(10-20-22)18(23)21-17(19(24)25)14-7-5-9-26-11-14/h3-4,6,8,10,14,17H,5,7,9,11H2,1-2H3,(H,21,23)(H,24,25). The molecule has 1 aromatic heterocycles. The largest absolute Gasteiger partial charge is 0.480 e. The average molecular weight is 357 g/mol. The lowest BCUT2D eigenvalue weighted by Gasteiger charge is -2.28. The summed E-state index contributed by atoms with van der Waals surface area (Å²) < 4.78 is 7.07. The molecule has 2 N–H and O–H groups in total. The Balaban J connectivity index is 1.81. The van der Waals surface area contributed by atoms with Gasteiger partial charge in [0, 0.05) is 12.5 Å². The zero-order chi connectivity index (χ0) is 18.7. The molecule has 2 atom stereocenters. The molecule has 0 radical (unpaired) electrons. The monoisotopic (exact) mass is 357 g/mol. The van der Waals surface area contributed by atoms with Crippen LogP contribution in [0, 0.1) is 19.8 Å². The van der Waals surface area contributed by atoms with E-state index in [0.29, 0.717) is 24.5 Å². The summed E-state index contributed by atoms with van der Waals surface area (Å²) in [5, 5.41) is 16.5. The third kappa shape index (κ3) is 3.62. The number of carboxylic acids is 1. The van der Waals surface area contributed by atoms with E-state index in [1.54, 1.807) is 11.6 Å². The molecule has 0 spiro atoms. The van der Waals surface area contributed by atoms with Gasteiger partial charge in [-0.3, -0.25) is 4.79 Å². The zero-order valence-electron chi connectivity index (χ0n) is 14.9. The third-order valence-corrected chi connectivity index (χ3v) is 4.82. The van der Waals surface area contributed by atoms with Crippen molar-refractivity contribution in [2.24, 2.45) is 5.92 Å². The number of carbonyl (C=O) groups excluding carboxylic acids is 1. The smallest absolute Gasteiger partial charge is 0.326 e. The summed E-state index contributed by atoms with van der Waals surface area (Å²) in [4.78, 5) is 24.3. The first-order chi connectivity index (χ1) is 12.5. The molecule has 2 heterocycles. The topological polar surface area (TPSA) is 93.5 Å². The Morgan fingerprint density at radius 2 is 2.12 bits per heavy atom. The van der Waals surface area contributed by atoms with Crippen molar-refractivity contribution >= 4 is 11.9 Å². The quantitative estimate of drug-likeness (QED) is 0.855. The lowest BCUT2D eigenvalue weighted by Crippen LogP contribution is -2.48. The highest BCUT2D eigenvalue weighted by atomic mass is 16.5. The second-order valence-electron chi connectivity index (χ2n) is 6.61. The first kappa shape index (κ1) is 18.1. The second kappa shape index (κ2) is 7.70. The molecule has 0 aliphatic carbocycles. The second-order valence-corrected chi connectivity index (χ2v) is 6.61. The number of aryl methyl sites for hydroxylation is 1. The number of ether oxygens (including phenoxy) is 1. The number of nitrogens with one attached hydrogen (secondary N) is 1. The minimum absolute atomic E-state index is 0.225. The summed E-state index contributed by atoms with van der Waals surface area (Å²) in [5.41, 5.74) is 2.96. The van der Waals surface area contributed by atoms with Crippen LogP contribution in [0.15, 0.2) is 30.5 Å². The van der Waals surface area contributed by atoms with Gasteiger partial charge in [-0.05, 0) is 38.3 Å². The number of rotatable bonds is 5. The Bertz CT molecular complexity index is 809. The number of para-hydroxylation sites is 1. The normalized spacial score (nSPS) is 18.3. The Morgan fingerprint density at radius 3 is 2.77 bits per heavy atom. The maximum absolute atomic E-state index is 12.7. The maximum atomic E-state index is 12.7. The van der Waals surface area contributed by atoms with Gasteiger partial charge in [0.25, 0.3) is 5.91 Å². The minimum atomic E-state index is -1.04. The fraction of sp³-hybridized carbons (Fsp3) is 0.421. The van der Waals surface area contributed by atoms with Gasteiger partial charge in [-0.15, -0.1) is 0 Å². The van der Waals surface area contributed by atoms with E-state index in [1.165, 1.54) is 6.20 Å². The van der Waals surface area contributed by atoms with Crippen LogP contribution in [0.2, 0.25) is 0 Å². The van der Waals surface area contributed by atoms with Gasteiger partial charge in [-0.2, -0.15) is 5.10 Å². The van der Waals surface area contributed by atoms with E-state index in [4.69, 9.17) is 4.74 Å². The molecule has 26 heavy (non-hydrogen) atoms. The highest BCUT2D eigenvalue weighted by Crippen LogP contribution is 2.20. The van der Waals surface area contributed by atoms with E-state index < -0.39 is 17.9 Å². The molecule has 1 fully saturated rings. The Hall–Kier alpha value is -2.67. The van der Waals surface area contributed by atoms with Crippen LogP contribution in [0.25, 0.3) is 5.69 Å². The van der Waals surface area contributed by atoms with Crippen LogP contribution in [-0.4, -0.2) is 46.0 Å². The van der Waals surface area contributed by atoms with Crippen molar-refractivity contribution in [3.63, 3.8) is 0 Å². The van der Waals surface area contributed by atoms with Crippen LogP contribution in [0.3, 0.4) is 0 Å². The molecule has 1 aliphatic rings. The molecule has 1 aromatic carbocycles. The number of hydrogen-bond donors (Lipinski definition) is 2. The molecular weight excluding hydrogens is 334 g/mol. The Kier molecular flexibility index (Phi) is 5.37. The number of hydrogen-bond acceptors (Lipinski definition) is 4. The molecule has 1 aliphatic heterocycles. The van der Waals surface area contributed by atoms with Gasteiger partial charge in [-0.1, -0.05) is 18.2 Å². The van der Waals surface area contributed by atoms with E-state index in [2.05, 4.69) is 10.4 Å². The van der Waals surface area contributed by atoms with E-state index in [9.17, 15) is 14.7 Å². The number of aliphatic carboxylic acids is 1. The molecule has 2 unspecified atom stereocenters. The number of aromatic nitrogens is 2. The number of benzene rings is 1. The molecule has 0 saturated carbocycles. The fourth-order valence-corrected chi connectivity index (χ4v) is 3.31. The zero-order valence-corrected chi connectivity index (χ0v) is 14.9. The van der Waals surface area contributed by atoms with Gasteiger partial charge >= 0.3 is 5.97 Å². The van der Waals surface area contributed by atoms with Crippen molar-refractivity contribution in [2.45, 2.75) is 32.7 Å². The lowest BCUT2D eigenvalue weighted by molar-refractivity contribution is -0.142. The number of amides is 1. The van der Waals surface area contributed by atoms with Gasteiger partial charge in [0.2, 0.25) is 0 Å². The molecule has 7 nitrogen and oxygen atoms in total. The van der Waals surface area contributed by atoms with Crippen LogP contribution < -0.4 is 5.32 Å². The predicted molar refractivity (Wildman–Crippen MR) is 95.5 cm³/mol. The van der Waals surface area contributed by atoms with Crippen LogP contribution in [-0.2, 0) is 9.53 Å². The summed E-state index contributed by atoms with van der Waals surface area (Å²) in [6.07, 6.45) is 3.00. The molecule has 1 amide bonds. The van der Waals surface area contributed by atoms with Crippen molar-refractivity contribution in [3.8, 4) is 5.69 Å². The first-order valence-electron chi connectivity index (χ1n) is 8.71. The Morgan fingerprint density at radius 1 is 1.35 bits per heavy atom. The molecule has 7 heteroatoms. The summed E-state index contributed by atoms with van der Waals surface area (Å²) in [6, 6.07) is 6.78. The highest BCUT2D eigenvalue weighted by Gasteiger charge is 2.32. The SMILES string of the molecule is Cc1ccccc1-n1ncc(C(=O)NC(C(=O)O)C2CCCOC2)c1C. The van der Waals surface area contributed by atoms with Gasteiger partial charge in [-0.25, -0.2) is 9.48 Å². The average Bonchev–Trinajstić information content (AvgIpc) is 3.02. The van der Waals surface area contributed by atoms with Crippen molar-refractivity contribution < 1.29 is 19.4 Å². The van der Waals surface area contributed by atoms with E-state index in [1.807, 2.05) is 31.2 Å². The Labute approximate surface area is 152 Å². The molecule has 2 aromatic rings. The summed E-state index contributed by atoms with van der Waals surface area (Å²) in [5.74, 6) is -1.70. The summed E-state index contributed by atoms with van der Waals surface area (Å²) in [7, 11) is 0. The van der Waals surface area contributed by atoms with E-state index >= 15 is 0 Å². The van der Waals surface area contributed by atoms with Gasteiger partial charge in [0.1, 0.15) is 6.04 Å². The van der Waals surface area contributed by atoms with Crippen molar-refractivity contribution in [1.82, 2.24) is 15.1 Å². The summed E-state index contributed by atoms with van der Waals surface area (Å²) in [6.45, 7) is 4.76. The molecule has 3 rings (SSSR count). The number of nitrogens with zero attached hydrogens (tertiary/aromatic N) is 2. The van der Waals surface area contributed by atoms with Gasteiger partial charge < -0.3 is 15.2 Å². The summed E-state index contributed by atoms with van der Waals surface area (Å²) >= 11 is 0. The molecule has 0 bridgehead atoms. The van der Waals surface area contributed by atoms with Crippen molar-refractivity contribution in [2.75, 3.05) is 13.2 Å². The van der Waals surface area contributed by atoms with Gasteiger partial charge in [0.15, 0.2) is 0 Å². The fourth-order valence-electron chi connectivity index (χ4n) is 3.31. The lowest BCUT2D eigenvalue weighted by atomic mass is 9.93. The van der Waals surface area contributed by atoms with Crippen molar-refractivity contribution in [3.05, 3.63) is 47.3 Å². The van der Waals surface area contributed by atoms with Crippen LogP contribution in [0.1, 0.15) is 34.5 Å². The number of carboxylic acid groups (broad SMARTS) is 1. The van der Waals surface area contributed by atoms with Crippen LogP contribution in [0.4, 0.5) is 0 Å². The first-order valence-corrected chi connectivity index (χ1v) is 8.71. The highest BCUT2D eigenvalue weighted by molar-refractivity contribution is 5.97. The number of carbonyl (C=O) groups is 2. The van der Waals surface area contributed by atoms with E-state index in [-0.39, 0.29) is 5.92 Å². The van der Waals surface area contributed by atoms with Crippen molar-refractivity contribution in [1.29, 1.82) is 0 Å². The maximum Gasteiger partial charge on any atom is 0.326 e. The molecular formula is C19H23N3O4.